The van der Waals surface area contributed by atoms with Gasteiger partial charge in [-0.1, -0.05) is 0 Å². The normalized spacial score (nSPS) is 44.8. The molecular weight excluding hydrogens is 288 g/mol. The van der Waals surface area contributed by atoms with Crippen molar-refractivity contribution >= 4 is 5.78 Å². The zero-order valence-corrected chi connectivity index (χ0v) is 13.1. The van der Waals surface area contributed by atoms with Crippen LogP contribution < -0.4 is 22.5 Å². The number of nitrogens with two attached hydrogens (primary N) is 3. The Balaban J connectivity index is 2.02. The molecule has 8 heteroatoms. The van der Waals surface area contributed by atoms with Gasteiger partial charge in [0.15, 0.2) is 12.1 Å². The van der Waals surface area contributed by atoms with Crippen molar-refractivity contribution in [2.45, 2.75) is 75.0 Å². The quantitative estimate of drug-likeness (QED) is 0.393. The van der Waals surface area contributed by atoms with Gasteiger partial charge in [0, 0.05) is 12.1 Å². The highest BCUT2D eigenvalue weighted by atomic mass is 16.7. The molecule has 1 saturated carbocycles. The second-order valence-corrected chi connectivity index (χ2v) is 6.32. The molecule has 0 aromatic carbocycles. The molecule has 1 heterocycles. The first-order chi connectivity index (χ1) is 10.3. The Labute approximate surface area is 130 Å². The topological polar surface area (TPSA) is 146 Å². The number of ketones is 1. The fraction of sp³-hybridized carbons (Fsp3) is 0.929. The molecule has 22 heavy (non-hydrogen) atoms. The molecule has 2 fully saturated rings. The van der Waals surface area contributed by atoms with Crippen LogP contribution >= 0.6 is 0 Å². The lowest BCUT2D eigenvalue weighted by atomic mass is 9.86. The van der Waals surface area contributed by atoms with Crippen molar-refractivity contribution in [3.63, 3.8) is 0 Å². The largest absolute Gasteiger partial charge is 0.382 e. The maximum absolute atomic E-state index is 11.8. The first-order valence-electron chi connectivity index (χ1n) is 7.81. The Hall–Kier alpha value is -0.610. The highest BCUT2D eigenvalue weighted by Gasteiger charge is 2.44. The molecule has 0 bridgehead atoms. The van der Waals surface area contributed by atoms with Crippen molar-refractivity contribution in [3.05, 3.63) is 0 Å². The third-order valence-electron chi connectivity index (χ3n) is 4.66. The third kappa shape index (κ3) is 3.65. The minimum Gasteiger partial charge on any atom is -0.382 e. The number of carbonyl (C=O) groups excluding carboxylic acids is 1. The van der Waals surface area contributed by atoms with Gasteiger partial charge in [-0.3, -0.25) is 4.79 Å². The van der Waals surface area contributed by atoms with Crippen molar-refractivity contribution < 1.29 is 19.4 Å². The van der Waals surface area contributed by atoms with Crippen LogP contribution in [0.2, 0.25) is 0 Å². The molecule has 2 aliphatic rings. The summed E-state index contributed by atoms with van der Waals surface area (Å²) < 4.78 is 11.7. The lowest BCUT2D eigenvalue weighted by Crippen LogP contribution is -2.62. The number of hydrogen-bond donors (Lipinski definition) is 5. The van der Waals surface area contributed by atoms with Crippen molar-refractivity contribution in [1.82, 2.24) is 5.32 Å². The van der Waals surface area contributed by atoms with Crippen LogP contribution in [0.15, 0.2) is 0 Å². The minimum absolute atomic E-state index is 0.0373. The Morgan fingerprint density at radius 1 is 1.32 bits per heavy atom. The Morgan fingerprint density at radius 3 is 2.64 bits per heavy atom. The van der Waals surface area contributed by atoms with E-state index in [0.29, 0.717) is 0 Å². The molecule has 8 nitrogen and oxygen atoms in total. The summed E-state index contributed by atoms with van der Waals surface area (Å²) in [5.74, 6) is -0.448. The first-order valence-corrected chi connectivity index (χ1v) is 7.81. The van der Waals surface area contributed by atoms with Gasteiger partial charge in [-0.15, -0.1) is 0 Å². The molecule has 8 atom stereocenters. The number of Topliss-reactive ketones (excluding diaryl/α,β-unsaturated/α-hetero) is 1. The number of likely N-dealkylation sites (N-methyl/N-ethyl adjacent to an activating group) is 1. The zero-order valence-electron chi connectivity index (χ0n) is 13.1. The number of carbonyl (C=O) groups is 1. The average molecular weight is 316 g/mol. The van der Waals surface area contributed by atoms with E-state index in [9.17, 15) is 9.90 Å². The van der Waals surface area contributed by atoms with E-state index in [1.807, 2.05) is 14.0 Å². The van der Waals surface area contributed by atoms with Crippen molar-refractivity contribution in [1.29, 1.82) is 0 Å². The number of rotatable bonds is 4. The molecule has 1 aliphatic heterocycles. The van der Waals surface area contributed by atoms with Gasteiger partial charge < -0.3 is 37.1 Å². The van der Waals surface area contributed by atoms with Gasteiger partial charge in [-0.2, -0.15) is 0 Å². The van der Waals surface area contributed by atoms with E-state index in [0.717, 1.165) is 12.8 Å². The summed E-state index contributed by atoms with van der Waals surface area (Å²) in [6, 6.07) is -1.44. The monoisotopic (exact) mass is 316 g/mol. The summed E-state index contributed by atoms with van der Waals surface area (Å²) in [4.78, 5) is 11.8. The molecule has 2 rings (SSSR count). The summed E-state index contributed by atoms with van der Waals surface area (Å²) in [6.07, 6.45) is -1.06. The molecular formula is C14H28N4O4. The van der Waals surface area contributed by atoms with Crippen LogP contribution in [0.1, 0.15) is 26.2 Å². The Kier molecular flexibility index (Phi) is 5.89. The molecule has 8 N–H and O–H groups in total. The van der Waals surface area contributed by atoms with Gasteiger partial charge in [0.05, 0.1) is 18.2 Å². The van der Waals surface area contributed by atoms with E-state index in [-0.39, 0.29) is 24.6 Å². The van der Waals surface area contributed by atoms with E-state index in [1.165, 1.54) is 0 Å². The van der Waals surface area contributed by atoms with E-state index >= 15 is 0 Å². The summed E-state index contributed by atoms with van der Waals surface area (Å²) in [5, 5.41) is 13.2. The van der Waals surface area contributed by atoms with Crippen LogP contribution in [0.5, 0.6) is 0 Å². The SMILES string of the molecule is CNC(C)C1CCC(N)C(OC2C(N)CC(N)C(=O)C2O)O1. The van der Waals surface area contributed by atoms with Crippen molar-refractivity contribution in [3.8, 4) is 0 Å². The predicted molar refractivity (Wildman–Crippen MR) is 80.8 cm³/mol. The van der Waals surface area contributed by atoms with E-state index in [2.05, 4.69) is 5.32 Å². The molecule has 128 valence electrons. The smallest absolute Gasteiger partial charge is 0.180 e. The van der Waals surface area contributed by atoms with Crippen LogP contribution in [-0.4, -0.2) is 66.7 Å². The summed E-state index contributed by atoms with van der Waals surface area (Å²) >= 11 is 0. The lowest BCUT2D eigenvalue weighted by Gasteiger charge is -2.42. The highest BCUT2D eigenvalue weighted by Crippen LogP contribution is 2.26. The van der Waals surface area contributed by atoms with Crippen molar-refractivity contribution in [2.75, 3.05) is 7.05 Å². The molecule has 0 amide bonds. The Morgan fingerprint density at radius 2 is 2.00 bits per heavy atom. The van der Waals surface area contributed by atoms with Crippen LogP contribution in [-0.2, 0) is 14.3 Å². The molecule has 0 aromatic heterocycles. The van der Waals surface area contributed by atoms with Gasteiger partial charge in [-0.05, 0) is 33.2 Å². The fourth-order valence-electron chi connectivity index (χ4n) is 3.01. The number of nitrogens with one attached hydrogen (secondary N) is 1. The van der Waals surface area contributed by atoms with E-state index in [4.69, 9.17) is 26.7 Å². The molecule has 1 aliphatic carbocycles. The van der Waals surface area contributed by atoms with Crippen molar-refractivity contribution in [2.24, 2.45) is 17.2 Å². The Bertz CT molecular complexity index is 397. The van der Waals surface area contributed by atoms with Crippen LogP contribution in [0.3, 0.4) is 0 Å². The van der Waals surface area contributed by atoms with E-state index < -0.39 is 36.4 Å². The van der Waals surface area contributed by atoms with Crippen LogP contribution in [0, 0.1) is 0 Å². The minimum atomic E-state index is -1.34. The molecule has 1 saturated heterocycles. The lowest BCUT2D eigenvalue weighted by molar-refractivity contribution is -0.244. The number of ether oxygens (including phenoxy) is 2. The van der Waals surface area contributed by atoms with Gasteiger partial charge in [0.25, 0.3) is 0 Å². The first kappa shape index (κ1) is 17.7. The zero-order chi connectivity index (χ0) is 16.4. The predicted octanol–water partition coefficient (Wildman–Crippen LogP) is -2.20. The number of hydrogen-bond acceptors (Lipinski definition) is 8. The molecule has 0 aromatic rings. The van der Waals surface area contributed by atoms with E-state index in [1.54, 1.807) is 0 Å². The van der Waals surface area contributed by atoms with Gasteiger partial charge in [0.1, 0.15) is 12.2 Å². The second-order valence-electron chi connectivity index (χ2n) is 6.32. The number of aliphatic hydroxyl groups is 1. The van der Waals surface area contributed by atoms with Gasteiger partial charge in [0.2, 0.25) is 0 Å². The molecule has 8 unspecified atom stereocenters. The number of aliphatic hydroxyl groups excluding tert-OH is 1. The summed E-state index contributed by atoms with van der Waals surface area (Å²) in [5.41, 5.74) is 17.7. The molecule has 0 spiro atoms. The summed E-state index contributed by atoms with van der Waals surface area (Å²) in [7, 11) is 1.86. The highest BCUT2D eigenvalue weighted by molar-refractivity contribution is 5.89. The average Bonchev–Trinajstić information content (AvgIpc) is 2.50. The molecule has 0 radical (unpaired) electrons. The summed E-state index contributed by atoms with van der Waals surface area (Å²) in [6.45, 7) is 2.02. The maximum atomic E-state index is 11.8. The van der Waals surface area contributed by atoms with Gasteiger partial charge >= 0.3 is 0 Å². The van der Waals surface area contributed by atoms with Crippen LogP contribution in [0.25, 0.3) is 0 Å². The third-order valence-corrected chi connectivity index (χ3v) is 4.66. The fourth-order valence-corrected chi connectivity index (χ4v) is 3.01. The maximum Gasteiger partial charge on any atom is 0.180 e. The standard InChI is InChI=1S/C14H28N4O4/c1-6(18-2)10-4-3-7(15)14(21-10)22-13-9(17)5-8(16)11(19)12(13)20/h6-10,12-14,18,20H,3-5,15-17H2,1-2H3. The van der Waals surface area contributed by atoms with Crippen LogP contribution in [0.4, 0.5) is 0 Å². The van der Waals surface area contributed by atoms with Gasteiger partial charge in [-0.25, -0.2) is 0 Å². The second kappa shape index (κ2) is 7.31.